The van der Waals surface area contributed by atoms with Gasteiger partial charge in [-0.25, -0.2) is 8.42 Å². The Balaban J connectivity index is 1.77. The van der Waals surface area contributed by atoms with Crippen LogP contribution < -0.4 is 14.2 Å². The third kappa shape index (κ3) is 5.54. The smallest absolute Gasteiger partial charge is 0.244 e. The highest BCUT2D eigenvalue weighted by atomic mass is 35.5. The number of ether oxygens (including phenoxy) is 3. The Labute approximate surface area is 210 Å². The van der Waals surface area contributed by atoms with Crippen molar-refractivity contribution >= 4 is 39.1 Å². The van der Waals surface area contributed by atoms with Crippen LogP contribution in [0.2, 0.25) is 10.0 Å². The van der Waals surface area contributed by atoms with Gasteiger partial charge < -0.3 is 19.1 Å². The van der Waals surface area contributed by atoms with Crippen LogP contribution in [0.15, 0.2) is 35.2 Å². The summed E-state index contributed by atoms with van der Waals surface area (Å²) in [5.74, 6) is 0.826. The van der Waals surface area contributed by atoms with E-state index in [0.717, 1.165) is 5.56 Å². The largest absolute Gasteiger partial charge is 0.493 e. The number of amides is 1. The maximum absolute atomic E-state index is 13.2. The third-order valence-corrected chi connectivity index (χ3v) is 8.35. The Kier molecular flexibility index (Phi) is 8.57. The van der Waals surface area contributed by atoms with Gasteiger partial charge in [-0.1, -0.05) is 23.2 Å². The number of hydrogen-bond acceptors (Lipinski definition) is 6. The quantitative estimate of drug-likeness (QED) is 0.511. The van der Waals surface area contributed by atoms with Gasteiger partial charge in [0.05, 0.1) is 32.3 Å². The number of hydrogen-bond donors (Lipinski definition) is 0. The molecule has 186 valence electrons. The van der Waals surface area contributed by atoms with Gasteiger partial charge in [0.25, 0.3) is 0 Å². The van der Waals surface area contributed by atoms with E-state index in [1.165, 1.54) is 43.8 Å². The molecule has 1 atom stereocenters. The predicted octanol–water partition coefficient (Wildman–Crippen LogP) is 4.08. The molecule has 1 aliphatic rings. The molecule has 2 aromatic carbocycles. The molecule has 0 N–H and O–H groups in total. The number of piperidine rings is 1. The molecule has 0 spiro atoms. The molecule has 1 aliphatic heterocycles. The molecule has 2 aromatic rings. The lowest BCUT2D eigenvalue weighted by Crippen LogP contribution is -2.45. The Morgan fingerprint density at radius 1 is 1.09 bits per heavy atom. The average Bonchev–Trinajstić information content (AvgIpc) is 2.84. The minimum atomic E-state index is -3.89. The summed E-state index contributed by atoms with van der Waals surface area (Å²) in [5.41, 5.74) is 0.788. The number of methoxy groups -OCH3 is 3. The first kappa shape index (κ1) is 26.4. The van der Waals surface area contributed by atoms with E-state index in [4.69, 9.17) is 37.4 Å². The first-order valence-corrected chi connectivity index (χ1v) is 12.8. The standard InChI is InChI=1S/C23H28Cl2N2O6S/c1-26(13-15-10-19(31-2)22(33-4)20(11-15)32-3)23(28)16-6-5-9-27(14-16)34(29,30)21-12-17(24)7-8-18(21)25/h7-8,10-12,16H,5-6,9,13-14H2,1-4H3/t16-/m1/s1. The average molecular weight is 531 g/mol. The van der Waals surface area contributed by atoms with Gasteiger partial charge in [0.15, 0.2) is 11.5 Å². The molecule has 1 saturated heterocycles. The molecule has 1 fully saturated rings. The highest BCUT2D eigenvalue weighted by molar-refractivity contribution is 7.89. The van der Waals surface area contributed by atoms with E-state index in [2.05, 4.69) is 0 Å². The summed E-state index contributed by atoms with van der Waals surface area (Å²) < 4.78 is 43.8. The highest BCUT2D eigenvalue weighted by Crippen LogP contribution is 2.38. The van der Waals surface area contributed by atoms with Gasteiger partial charge in [-0.15, -0.1) is 0 Å². The molecule has 1 heterocycles. The van der Waals surface area contributed by atoms with Crippen molar-refractivity contribution in [2.24, 2.45) is 5.92 Å². The van der Waals surface area contributed by atoms with Crippen LogP contribution in [-0.2, 0) is 21.4 Å². The van der Waals surface area contributed by atoms with E-state index in [9.17, 15) is 13.2 Å². The Morgan fingerprint density at radius 2 is 1.74 bits per heavy atom. The highest BCUT2D eigenvalue weighted by Gasteiger charge is 2.35. The molecule has 0 aliphatic carbocycles. The van der Waals surface area contributed by atoms with Gasteiger partial charge in [0.1, 0.15) is 4.90 Å². The van der Waals surface area contributed by atoms with E-state index >= 15 is 0 Å². The zero-order valence-electron chi connectivity index (χ0n) is 19.5. The van der Waals surface area contributed by atoms with Gasteiger partial charge >= 0.3 is 0 Å². The van der Waals surface area contributed by atoms with Crippen molar-refractivity contribution in [2.75, 3.05) is 41.5 Å². The van der Waals surface area contributed by atoms with Crippen molar-refractivity contribution in [3.63, 3.8) is 0 Å². The Hall–Kier alpha value is -2.20. The van der Waals surface area contributed by atoms with Gasteiger partial charge in [0.2, 0.25) is 21.7 Å². The molecule has 0 radical (unpaired) electrons. The van der Waals surface area contributed by atoms with Crippen molar-refractivity contribution in [3.05, 3.63) is 45.9 Å². The topological polar surface area (TPSA) is 85.4 Å². The predicted molar refractivity (Wildman–Crippen MR) is 131 cm³/mol. The summed E-state index contributed by atoms with van der Waals surface area (Å²) in [4.78, 5) is 14.8. The lowest BCUT2D eigenvalue weighted by Gasteiger charge is -2.33. The van der Waals surface area contributed by atoms with Crippen LogP contribution >= 0.6 is 23.2 Å². The molecular formula is C23H28Cl2N2O6S. The monoisotopic (exact) mass is 530 g/mol. The zero-order valence-corrected chi connectivity index (χ0v) is 21.8. The summed E-state index contributed by atoms with van der Waals surface area (Å²) in [5, 5.41) is 0.370. The SMILES string of the molecule is COc1cc(CN(C)C(=O)[C@@H]2CCCN(S(=O)(=O)c3cc(Cl)ccc3Cl)C2)cc(OC)c1OC. The molecule has 0 unspecified atom stereocenters. The summed E-state index contributed by atoms with van der Waals surface area (Å²) in [7, 11) is 2.37. The van der Waals surface area contributed by atoms with Crippen molar-refractivity contribution < 1.29 is 27.4 Å². The molecule has 8 nitrogen and oxygen atoms in total. The second kappa shape index (κ2) is 11.0. The van der Waals surface area contributed by atoms with Gasteiger partial charge in [-0.3, -0.25) is 4.79 Å². The van der Waals surface area contributed by atoms with Crippen LogP contribution in [0.4, 0.5) is 0 Å². The molecule has 0 bridgehead atoms. The molecule has 3 rings (SSSR count). The van der Waals surface area contributed by atoms with Crippen LogP contribution in [0.1, 0.15) is 18.4 Å². The van der Waals surface area contributed by atoms with Crippen LogP contribution in [0.5, 0.6) is 17.2 Å². The maximum atomic E-state index is 13.2. The number of nitrogens with zero attached hydrogens (tertiary/aromatic N) is 2. The minimum Gasteiger partial charge on any atom is -0.493 e. The van der Waals surface area contributed by atoms with Crippen LogP contribution in [0.25, 0.3) is 0 Å². The van der Waals surface area contributed by atoms with Crippen LogP contribution in [0.3, 0.4) is 0 Å². The third-order valence-electron chi connectivity index (χ3n) is 5.76. The van der Waals surface area contributed by atoms with E-state index < -0.39 is 15.9 Å². The number of sulfonamides is 1. The molecule has 0 aromatic heterocycles. The number of benzene rings is 2. The van der Waals surface area contributed by atoms with Crippen LogP contribution in [0, 0.1) is 5.92 Å². The van der Waals surface area contributed by atoms with Crippen molar-refractivity contribution in [3.8, 4) is 17.2 Å². The van der Waals surface area contributed by atoms with Crippen LogP contribution in [-0.4, -0.2) is 65.0 Å². The molecule has 0 saturated carbocycles. The lowest BCUT2D eigenvalue weighted by molar-refractivity contribution is -0.135. The van der Waals surface area contributed by atoms with Gasteiger partial charge in [0, 0.05) is 31.7 Å². The fourth-order valence-electron chi connectivity index (χ4n) is 4.07. The Morgan fingerprint density at radius 3 is 2.32 bits per heavy atom. The second-order valence-corrected chi connectivity index (χ2v) is 10.8. The first-order valence-electron chi connectivity index (χ1n) is 10.6. The fourth-order valence-corrected chi connectivity index (χ4v) is 6.33. The van der Waals surface area contributed by atoms with E-state index in [-0.39, 0.29) is 27.4 Å². The van der Waals surface area contributed by atoms with E-state index in [0.29, 0.717) is 43.2 Å². The van der Waals surface area contributed by atoms with Crippen molar-refractivity contribution in [2.45, 2.75) is 24.3 Å². The number of rotatable bonds is 8. The number of carbonyl (C=O) groups is 1. The molecular weight excluding hydrogens is 503 g/mol. The van der Waals surface area contributed by atoms with E-state index in [1.807, 2.05) is 0 Å². The summed E-state index contributed by atoms with van der Waals surface area (Å²) in [6.07, 6.45) is 1.15. The lowest BCUT2D eigenvalue weighted by atomic mass is 9.98. The second-order valence-electron chi connectivity index (χ2n) is 8.00. The summed E-state index contributed by atoms with van der Waals surface area (Å²) >= 11 is 12.1. The summed E-state index contributed by atoms with van der Waals surface area (Å²) in [6.45, 7) is 0.675. The fraction of sp³-hybridized carbons (Fsp3) is 0.435. The van der Waals surface area contributed by atoms with Gasteiger partial charge in [-0.05, 0) is 48.7 Å². The molecule has 1 amide bonds. The number of carbonyl (C=O) groups excluding carboxylic acids is 1. The van der Waals surface area contributed by atoms with Crippen molar-refractivity contribution in [1.82, 2.24) is 9.21 Å². The number of halogens is 2. The molecule has 34 heavy (non-hydrogen) atoms. The van der Waals surface area contributed by atoms with Crippen molar-refractivity contribution in [1.29, 1.82) is 0 Å². The van der Waals surface area contributed by atoms with E-state index in [1.54, 1.807) is 24.1 Å². The minimum absolute atomic E-state index is 0.0551. The van der Waals surface area contributed by atoms with Gasteiger partial charge in [-0.2, -0.15) is 4.31 Å². The molecule has 11 heteroatoms. The normalized spacial score (nSPS) is 16.7. The first-order chi connectivity index (χ1) is 16.1. The Bertz CT molecular complexity index is 1130. The zero-order chi connectivity index (χ0) is 25.0. The summed E-state index contributed by atoms with van der Waals surface area (Å²) in [6, 6.07) is 7.88. The maximum Gasteiger partial charge on any atom is 0.244 e.